The van der Waals surface area contributed by atoms with Gasteiger partial charge in [-0.25, -0.2) is 19.3 Å². The van der Waals surface area contributed by atoms with E-state index in [9.17, 15) is 4.39 Å². The van der Waals surface area contributed by atoms with Gasteiger partial charge in [0, 0.05) is 33.3 Å². The van der Waals surface area contributed by atoms with Crippen LogP contribution in [-0.2, 0) is 0 Å². The smallest absolute Gasteiger partial charge is 0.186 e. The van der Waals surface area contributed by atoms with Gasteiger partial charge in [0.2, 0.25) is 0 Å². The topological polar surface area (TPSA) is 54.4 Å². The summed E-state index contributed by atoms with van der Waals surface area (Å²) in [5.41, 5.74) is 0.379. The lowest BCUT2D eigenvalue weighted by molar-refractivity contribution is 0.225. The average Bonchev–Trinajstić information content (AvgIpc) is 2.99. The second-order valence-corrected chi connectivity index (χ2v) is 6.19. The molecule has 2 aromatic heterocycles. The van der Waals surface area contributed by atoms with Crippen molar-refractivity contribution in [1.29, 1.82) is 0 Å². The predicted octanol–water partition coefficient (Wildman–Crippen LogP) is 2.35. The largest absolute Gasteiger partial charge is 0.485 e. The van der Waals surface area contributed by atoms with Crippen molar-refractivity contribution in [2.45, 2.75) is 26.4 Å². The van der Waals surface area contributed by atoms with Gasteiger partial charge in [0.15, 0.2) is 23.2 Å². The Morgan fingerprint density at radius 1 is 1.29 bits per heavy atom. The number of nitrogens with zero attached hydrogens (tertiary/aromatic N) is 5. The Kier molecular flexibility index (Phi) is 4.51. The Labute approximate surface area is 141 Å². The first kappa shape index (κ1) is 16.4. The highest BCUT2D eigenvalue weighted by atomic mass is 19.1. The minimum absolute atomic E-state index is 0.0251. The quantitative estimate of drug-likeness (QED) is 0.857. The first-order valence-corrected chi connectivity index (χ1v) is 8.00. The molecule has 1 fully saturated rings. The van der Waals surface area contributed by atoms with E-state index in [0.717, 1.165) is 18.0 Å². The lowest BCUT2D eigenvalue weighted by Gasteiger charge is -2.21. The normalized spacial score (nSPS) is 17.2. The zero-order valence-electron chi connectivity index (χ0n) is 14.5. The van der Waals surface area contributed by atoms with E-state index in [1.807, 2.05) is 36.0 Å². The number of rotatable bonds is 4. The number of ether oxygens (including phenoxy) is 1. The highest BCUT2D eigenvalue weighted by Crippen LogP contribution is 2.29. The number of aryl methyl sites for hydroxylation is 2. The van der Waals surface area contributed by atoms with E-state index >= 15 is 0 Å². The van der Waals surface area contributed by atoms with Gasteiger partial charge in [-0.05, 0) is 26.0 Å². The molecule has 0 saturated carbocycles. The molecule has 0 unspecified atom stereocenters. The van der Waals surface area contributed by atoms with Crippen molar-refractivity contribution < 1.29 is 9.13 Å². The molecule has 0 aromatic carbocycles. The minimum atomic E-state index is -0.350. The molecule has 0 aliphatic carbocycles. The molecule has 2 aromatic rings. The number of halogens is 1. The standard InChI is InChI=1S/C17H22FN5O/c1-11-15(18)17(21-12(2)20-11)23-9-7-13(10-23)24-14-6-5-8-19-16(14)22(3)4/h5-6,8,13H,7,9-10H2,1-4H3/t13-/m0/s1. The van der Waals surface area contributed by atoms with Gasteiger partial charge in [-0.3, -0.25) is 0 Å². The van der Waals surface area contributed by atoms with Crippen LogP contribution >= 0.6 is 0 Å². The summed E-state index contributed by atoms with van der Waals surface area (Å²) < 4.78 is 20.4. The Morgan fingerprint density at radius 3 is 2.83 bits per heavy atom. The molecule has 128 valence electrons. The third-order valence-corrected chi connectivity index (χ3v) is 4.02. The molecule has 24 heavy (non-hydrogen) atoms. The third-order valence-electron chi connectivity index (χ3n) is 4.02. The second kappa shape index (κ2) is 6.59. The van der Waals surface area contributed by atoms with Crippen molar-refractivity contribution in [1.82, 2.24) is 15.0 Å². The zero-order chi connectivity index (χ0) is 17.3. The first-order valence-electron chi connectivity index (χ1n) is 8.00. The van der Waals surface area contributed by atoms with E-state index in [1.165, 1.54) is 0 Å². The number of anilines is 2. The summed E-state index contributed by atoms with van der Waals surface area (Å²) in [4.78, 5) is 16.5. The fraction of sp³-hybridized carbons (Fsp3) is 0.471. The van der Waals surface area contributed by atoms with Crippen molar-refractivity contribution in [3.63, 3.8) is 0 Å². The van der Waals surface area contributed by atoms with Crippen LogP contribution in [0.25, 0.3) is 0 Å². The van der Waals surface area contributed by atoms with E-state index in [1.54, 1.807) is 20.0 Å². The Morgan fingerprint density at radius 2 is 2.08 bits per heavy atom. The predicted molar refractivity (Wildman–Crippen MR) is 91.3 cm³/mol. The Hall–Kier alpha value is -2.44. The number of hydrogen-bond donors (Lipinski definition) is 0. The SMILES string of the molecule is Cc1nc(C)c(F)c(N2CC[C@H](Oc3cccnc3N(C)C)C2)n1. The molecule has 0 radical (unpaired) electrons. The summed E-state index contributed by atoms with van der Waals surface area (Å²) >= 11 is 0. The van der Waals surface area contributed by atoms with Crippen LogP contribution < -0.4 is 14.5 Å². The monoisotopic (exact) mass is 331 g/mol. The lowest BCUT2D eigenvalue weighted by atomic mass is 10.3. The van der Waals surface area contributed by atoms with Crippen LogP contribution in [0.1, 0.15) is 17.9 Å². The van der Waals surface area contributed by atoms with E-state index < -0.39 is 0 Å². The maximum atomic E-state index is 14.3. The molecule has 1 atom stereocenters. The maximum absolute atomic E-state index is 14.3. The lowest BCUT2D eigenvalue weighted by Crippen LogP contribution is -2.27. The van der Waals surface area contributed by atoms with Gasteiger partial charge in [0.25, 0.3) is 0 Å². The van der Waals surface area contributed by atoms with Crippen LogP contribution in [-0.4, -0.2) is 48.2 Å². The summed E-state index contributed by atoms with van der Waals surface area (Å²) in [6.45, 7) is 4.74. The van der Waals surface area contributed by atoms with Gasteiger partial charge in [-0.1, -0.05) is 0 Å². The van der Waals surface area contributed by atoms with Crippen LogP contribution in [0.3, 0.4) is 0 Å². The van der Waals surface area contributed by atoms with Crippen molar-refractivity contribution in [3.05, 3.63) is 35.7 Å². The van der Waals surface area contributed by atoms with E-state index in [2.05, 4.69) is 15.0 Å². The number of hydrogen-bond acceptors (Lipinski definition) is 6. The van der Waals surface area contributed by atoms with Crippen LogP contribution in [0.2, 0.25) is 0 Å². The van der Waals surface area contributed by atoms with Gasteiger partial charge >= 0.3 is 0 Å². The van der Waals surface area contributed by atoms with E-state index in [0.29, 0.717) is 30.4 Å². The molecule has 1 saturated heterocycles. The summed E-state index contributed by atoms with van der Waals surface area (Å²) in [6.07, 6.45) is 2.52. The zero-order valence-corrected chi connectivity index (χ0v) is 14.5. The molecule has 0 spiro atoms. The van der Waals surface area contributed by atoms with Crippen LogP contribution in [0.15, 0.2) is 18.3 Å². The molecule has 0 N–H and O–H groups in total. The number of pyridine rings is 1. The molecule has 0 bridgehead atoms. The highest BCUT2D eigenvalue weighted by molar-refractivity contribution is 5.51. The van der Waals surface area contributed by atoms with E-state index in [4.69, 9.17) is 4.74 Å². The molecule has 1 aliphatic heterocycles. The summed E-state index contributed by atoms with van der Waals surface area (Å²) in [6, 6.07) is 3.76. The molecule has 3 heterocycles. The molecule has 3 rings (SSSR count). The van der Waals surface area contributed by atoms with Crippen molar-refractivity contribution in [2.75, 3.05) is 37.0 Å². The maximum Gasteiger partial charge on any atom is 0.186 e. The van der Waals surface area contributed by atoms with Crippen LogP contribution in [0.5, 0.6) is 5.75 Å². The summed E-state index contributed by atoms with van der Waals surface area (Å²) in [7, 11) is 3.86. The van der Waals surface area contributed by atoms with Gasteiger partial charge in [-0.15, -0.1) is 0 Å². The Balaban J connectivity index is 1.75. The molecule has 6 nitrogen and oxygen atoms in total. The van der Waals surface area contributed by atoms with Crippen LogP contribution in [0, 0.1) is 19.7 Å². The minimum Gasteiger partial charge on any atom is -0.485 e. The van der Waals surface area contributed by atoms with Gasteiger partial charge in [0.1, 0.15) is 11.9 Å². The molecule has 0 amide bonds. The van der Waals surface area contributed by atoms with Crippen LogP contribution in [0.4, 0.5) is 16.0 Å². The van der Waals surface area contributed by atoms with Gasteiger partial charge < -0.3 is 14.5 Å². The molecular weight excluding hydrogens is 309 g/mol. The first-order chi connectivity index (χ1) is 11.5. The summed E-state index contributed by atoms with van der Waals surface area (Å²) in [5.74, 6) is 2.12. The highest BCUT2D eigenvalue weighted by Gasteiger charge is 2.28. The van der Waals surface area contributed by atoms with Crippen molar-refractivity contribution >= 4 is 11.6 Å². The fourth-order valence-corrected chi connectivity index (χ4v) is 2.90. The van der Waals surface area contributed by atoms with E-state index in [-0.39, 0.29) is 11.9 Å². The van der Waals surface area contributed by atoms with Gasteiger partial charge in [-0.2, -0.15) is 0 Å². The Bertz CT molecular complexity index is 737. The van der Waals surface area contributed by atoms with Crippen molar-refractivity contribution in [2.24, 2.45) is 0 Å². The molecule has 1 aliphatic rings. The second-order valence-electron chi connectivity index (χ2n) is 6.19. The molecule has 7 heteroatoms. The molecular formula is C17H22FN5O. The van der Waals surface area contributed by atoms with Gasteiger partial charge in [0.05, 0.1) is 12.2 Å². The third kappa shape index (κ3) is 3.25. The average molecular weight is 331 g/mol. The number of aromatic nitrogens is 3. The van der Waals surface area contributed by atoms with Crippen molar-refractivity contribution in [3.8, 4) is 5.75 Å². The fourth-order valence-electron chi connectivity index (χ4n) is 2.90. The summed E-state index contributed by atoms with van der Waals surface area (Å²) in [5, 5.41) is 0.